The third-order valence-electron chi connectivity index (χ3n) is 3.90. The number of methoxy groups -OCH3 is 3. The summed E-state index contributed by atoms with van der Waals surface area (Å²) in [6.45, 7) is 1.23. The summed E-state index contributed by atoms with van der Waals surface area (Å²) in [5.74, 6) is 0.806. The zero-order chi connectivity index (χ0) is 19.6. The fourth-order valence-corrected chi connectivity index (χ4v) is 2.42. The summed E-state index contributed by atoms with van der Waals surface area (Å²) in [4.78, 5) is 24.2. The van der Waals surface area contributed by atoms with Crippen molar-refractivity contribution in [3.05, 3.63) is 59.2 Å². The molecule has 0 aromatic heterocycles. The predicted molar refractivity (Wildman–Crippen MR) is 101 cm³/mol. The number of carbonyl (C=O) groups is 2. The molecule has 2 aromatic rings. The zero-order valence-corrected chi connectivity index (χ0v) is 15.7. The van der Waals surface area contributed by atoms with E-state index in [1.807, 2.05) is 12.1 Å². The van der Waals surface area contributed by atoms with E-state index in [-0.39, 0.29) is 11.8 Å². The summed E-state index contributed by atoms with van der Waals surface area (Å²) < 4.78 is 15.3. The van der Waals surface area contributed by atoms with E-state index in [0.29, 0.717) is 42.3 Å². The van der Waals surface area contributed by atoms with Crippen LogP contribution in [0.1, 0.15) is 26.3 Å². The average molecular weight is 372 g/mol. The van der Waals surface area contributed by atoms with Crippen LogP contribution in [-0.4, -0.2) is 46.3 Å². The van der Waals surface area contributed by atoms with Gasteiger partial charge in [0.2, 0.25) is 0 Å². The molecular weight excluding hydrogens is 348 g/mol. The molecule has 0 fully saturated rings. The molecule has 0 aliphatic carbocycles. The summed E-state index contributed by atoms with van der Waals surface area (Å²) in [7, 11) is 4.70. The standard InChI is InChI=1S/C20H24N2O5/c1-25-11-10-21-19(23)15-5-7-16(8-6-15)20(24)22-13-14-4-9-17(26-2)18(12-14)27-3/h4-9,12H,10-11,13H2,1-3H3,(H,21,23)(H,22,24). The van der Waals surface area contributed by atoms with Crippen molar-refractivity contribution in [2.45, 2.75) is 6.54 Å². The Kier molecular flexibility index (Phi) is 7.63. The van der Waals surface area contributed by atoms with Gasteiger partial charge in [-0.3, -0.25) is 9.59 Å². The minimum absolute atomic E-state index is 0.204. The first-order valence-corrected chi connectivity index (χ1v) is 8.45. The Morgan fingerprint density at radius 3 is 1.96 bits per heavy atom. The van der Waals surface area contributed by atoms with Crippen LogP contribution in [0.3, 0.4) is 0 Å². The zero-order valence-electron chi connectivity index (χ0n) is 15.7. The van der Waals surface area contributed by atoms with E-state index in [2.05, 4.69) is 10.6 Å². The highest BCUT2D eigenvalue weighted by molar-refractivity contribution is 5.97. The van der Waals surface area contributed by atoms with Crippen LogP contribution < -0.4 is 20.1 Å². The number of rotatable bonds is 9. The van der Waals surface area contributed by atoms with E-state index >= 15 is 0 Å². The van der Waals surface area contributed by atoms with E-state index in [9.17, 15) is 9.59 Å². The fourth-order valence-electron chi connectivity index (χ4n) is 2.42. The molecule has 7 nitrogen and oxygen atoms in total. The summed E-state index contributed by atoms with van der Waals surface area (Å²) in [5.41, 5.74) is 1.85. The van der Waals surface area contributed by atoms with Crippen LogP contribution in [0.15, 0.2) is 42.5 Å². The molecule has 2 aromatic carbocycles. The van der Waals surface area contributed by atoms with E-state index < -0.39 is 0 Å². The highest BCUT2D eigenvalue weighted by Gasteiger charge is 2.10. The van der Waals surface area contributed by atoms with Crippen LogP contribution in [0.4, 0.5) is 0 Å². The van der Waals surface area contributed by atoms with E-state index in [1.54, 1.807) is 51.7 Å². The Bertz CT molecular complexity index is 774. The van der Waals surface area contributed by atoms with Crippen LogP contribution in [-0.2, 0) is 11.3 Å². The first-order chi connectivity index (χ1) is 13.1. The van der Waals surface area contributed by atoms with Crippen LogP contribution in [0.2, 0.25) is 0 Å². The minimum atomic E-state index is -0.226. The van der Waals surface area contributed by atoms with Crippen molar-refractivity contribution in [2.24, 2.45) is 0 Å². The molecule has 2 rings (SSSR count). The summed E-state index contributed by atoms with van der Waals surface area (Å²) in [6, 6.07) is 11.9. The first kappa shape index (κ1) is 20.3. The summed E-state index contributed by atoms with van der Waals surface area (Å²) in [5, 5.41) is 5.57. The van der Waals surface area contributed by atoms with Gasteiger partial charge in [0.25, 0.3) is 11.8 Å². The Morgan fingerprint density at radius 1 is 0.815 bits per heavy atom. The quantitative estimate of drug-likeness (QED) is 0.658. The minimum Gasteiger partial charge on any atom is -0.493 e. The van der Waals surface area contributed by atoms with Gasteiger partial charge in [0.1, 0.15) is 0 Å². The van der Waals surface area contributed by atoms with Crippen molar-refractivity contribution in [1.82, 2.24) is 10.6 Å². The topological polar surface area (TPSA) is 85.9 Å². The molecule has 0 aliphatic rings. The van der Waals surface area contributed by atoms with Crippen LogP contribution in [0, 0.1) is 0 Å². The van der Waals surface area contributed by atoms with Crippen molar-refractivity contribution in [2.75, 3.05) is 34.5 Å². The lowest BCUT2D eigenvalue weighted by Crippen LogP contribution is -2.27. The van der Waals surface area contributed by atoms with Gasteiger partial charge in [0, 0.05) is 31.3 Å². The van der Waals surface area contributed by atoms with Gasteiger partial charge in [-0.2, -0.15) is 0 Å². The molecule has 0 saturated heterocycles. The number of nitrogens with one attached hydrogen (secondary N) is 2. The molecule has 0 heterocycles. The molecule has 0 unspecified atom stereocenters. The number of ether oxygens (including phenoxy) is 3. The maximum absolute atomic E-state index is 12.3. The van der Waals surface area contributed by atoms with Crippen molar-refractivity contribution in [1.29, 1.82) is 0 Å². The lowest BCUT2D eigenvalue weighted by molar-refractivity contribution is 0.0930. The van der Waals surface area contributed by atoms with Gasteiger partial charge in [0.15, 0.2) is 11.5 Å². The lowest BCUT2D eigenvalue weighted by Gasteiger charge is -2.10. The Balaban J connectivity index is 1.93. The third kappa shape index (κ3) is 5.72. The average Bonchev–Trinajstić information content (AvgIpc) is 2.71. The van der Waals surface area contributed by atoms with Crippen molar-refractivity contribution in [3.63, 3.8) is 0 Å². The molecule has 0 aliphatic heterocycles. The molecule has 0 spiro atoms. The maximum Gasteiger partial charge on any atom is 0.251 e. The highest BCUT2D eigenvalue weighted by atomic mass is 16.5. The molecule has 0 bridgehead atoms. The fraction of sp³-hybridized carbons (Fsp3) is 0.300. The van der Waals surface area contributed by atoms with Crippen LogP contribution in [0.25, 0.3) is 0 Å². The second-order valence-electron chi connectivity index (χ2n) is 5.70. The Hall–Kier alpha value is -3.06. The number of amides is 2. The molecule has 0 saturated carbocycles. The smallest absolute Gasteiger partial charge is 0.251 e. The van der Waals surface area contributed by atoms with Crippen LogP contribution >= 0.6 is 0 Å². The molecule has 0 radical (unpaired) electrons. The van der Waals surface area contributed by atoms with E-state index in [4.69, 9.17) is 14.2 Å². The van der Waals surface area contributed by atoms with Gasteiger partial charge in [-0.15, -0.1) is 0 Å². The normalized spacial score (nSPS) is 10.2. The number of hydrogen-bond acceptors (Lipinski definition) is 5. The maximum atomic E-state index is 12.3. The summed E-state index contributed by atoms with van der Waals surface area (Å²) >= 11 is 0. The number of carbonyl (C=O) groups excluding carboxylic acids is 2. The molecule has 144 valence electrons. The highest BCUT2D eigenvalue weighted by Crippen LogP contribution is 2.27. The largest absolute Gasteiger partial charge is 0.493 e. The second-order valence-corrected chi connectivity index (χ2v) is 5.70. The van der Waals surface area contributed by atoms with Gasteiger partial charge >= 0.3 is 0 Å². The van der Waals surface area contributed by atoms with Gasteiger partial charge in [-0.25, -0.2) is 0 Å². The third-order valence-corrected chi connectivity index (χ3v) is 3.90. The van der Waals surface area contributed by atoms with E-state index in [0.717, 1.165) is 5.56 Å². The van der Waals surface area contributed by atoms with Gasteiger partial charge in [-0.05, 0) is 42.0 Å². The first-order valence-electron chi connectivity index (χ1n) is 8.45. The van der Waals surface area contributed by atoms with Crippen molar-refractivity contribution >= 4 is 11.8 Å². The summed E-state index contributed by atoms with van der Waals surface area (Å²) in [6.07, 6.45) is 0. The molecule has 27 heavy (non-hydrogen) atoms. The molecule has 7 heteroatoms. The number of hydrogen-bond donors (Lipinski definition) is 2. The Labute approximate surface area is 158 Å². The molecule has 2 N–H and O–H groups in total. The van der Waals surface area contributed by atoms with Gasteiger partial charge in [-0.1, -0.05) is 6.07 Å². The predicted octanol–water partition coefficient (Wildman–Crippen LogP) is 2.01. The van der Waals surface area contributed by atoms with Gasteiger partial charge < -0.3 is 24.8 Å². The van der Waals surface area contributed by atoms with Crippen molar-refractivity contribution < 1.29 is 23.8 Å². The second kappa shape index (κ2) is 10.2. The van der Waals surface area contributed by atoms with Crippen molar-refractivity contribution in [3.8, 4) is 11.5 Å². The number of benzene rings is 2. The Morgan fingerprint density at radius 2 is 1.41 bits per heavy atom. The molecule has 2 amide bonds. The molecule has 0 atom stereocenters. The van der Waals surface area contributed by atoms with Crippen LogP contribution in [0.5, 0.6) is 11.5 Å². The molecular formula is C20H24N2O5. The monoisotopic (exact) mass is 372 g/mol. The lowest BCUT2D eigenvalue weighted by atomic mass is 10.1. The SMILES string of the molecule is COCCNC(=O)c1ccc(C(=O)NCc2ccc(OC)c(OC)c2)cc1. The van der Waals surface area contributed by atoms with Gasteiger partial charge in [0.05, 0.1) is 20.8 Å². The van der Waals surface area contributed by atoms with E-state index in [1.165, 1.54) is 0 Å².